The van der Waals surface area contributed by atoms with Crippen LogP contribution in [0.4, 0.5) is 0 Å². The summed E-state index contributed by atoms with van der Waals surface area (Å²) in [5.74, 6) is 0.382. The van der Waals surface area contributed by atoms with Crippen molar-refractivity contribution >= 4 is 17.7 Å². The van der Waals surface area contributed by atoms with E-state index in [1.807, 2.05) is 49.4 Å². The Morgan fingerprint density at radius 3 is 2.38 bits per heavy atom. The molecule has 0 radical (unpaired) electrons. The van der Waals surface area contributed by atoms with Crippen LogP contribution in [0, 0.1) is 24.7 Å². The number of amides is 1. The van der Waals surface area contributed by atoms with Gasteiger partial charge in [-0.15, -0.1) is 0 Å². The van der Waals surface area contributed by atoms with Crippen LogP contribution < -0.4 is 5.73 Å². The summed E-state index contributed by atoms with van der Waals surface area (Å²) in [6, 6.07) is 20.1. The Kier molecular flexibility index (Phi) is 8.01. The molecule has 4 N–H and O–H groups in total. The quantitative estimate of drug-likeness (QED) is 0.221. The first-order valence-corrected chi connectivity index (χ1v) is 12.5. The van der Waals surface area contributed by atoms with Crippen molar-refractivity contribution < 1.29 is 13.9 Å². The molecule has 200 valence electrons. The average Bonchev–Trinajstić information content (AvgIpc) is 3.24. The van der Waals surface area contributed by atoms with E-state index in [1.165, 1.54) is 4.90 Å². The minimum absolute atomic E-state index is 0.249. The smallest absolute Gasteiger partial charge is 0.253 e. The van der Waals surface area contributed by atoms with E-state index in [-0.39, 0.29) is 24.2 Å². The molecular weight excluding hydrogens is 492 g/mol. The van der Waals surface area contributed by atoms with Crippen molar-refractivity contribution in [3.63, 3.8) is 0 Å². The molecule has 4 rings (SSSR count). The number of hydrogen-bond donors (Lipinski definition) is 3. The molecule has 0 bridgehead atoms. The van der Waals surface area contributed by atoms with Crippen molar-refractivity contribution in [2.24, 2.45) is 5.73 Å². The highest BCUT2D eigenvalue weighted by Crippen LogP contribution is 2.24. The van der Waals surface area contributed by atoms with Gasteiger partial charge in [0, 0.05) is 36.9 Å². The maximum Gasteiger partial charge on any atom is 0.253 e. The van der Waals surface area contributed by atoms with Gasteiger partial charge in [-0.05, 0) is 56.2 Å². The van der Waals surface area contributed by atoms with Gasteiger partial charge in [-0.25, -0.2) is 4.98 Å². The summed E-state index contributed by atoms with van der Waals surface area (Å²) in [6.45, 7) is 5.52. The molecule has 2 aromatic heterocycles. The number of hydrogen-bond acceptors (Lipinski definition) is 8. The average molecular weight is 525 g/mol. The number of pyridine rings is 1. The predicted octanol–water partition coefficient (Wildman–Crippen LogP) is 4.90. The molecule has 39 heavy (non-hydrogen) atoms. The second-order valence-electron chi connectivity index (χ2n) is 9.75. The van der Waals surface area contributed by atoms with Gasteiger partial charge in [-0.2, -0.15) is 0 Å². The minimum Gasteiger partial charge on any atom is -0.446 e. The van der Waals surface area contributed by atoms with Gasteiger partial charge in [-0.1, -0.05) is 36.4 Å². The third-order valence-electron chi connectivity index (χ3n) is 6.27. The van der Waals surface area contributed by atoms with Gasteiger partial charge in [0.05, 0.1) is 17.8 Å². The molecule has 2 heterocycles. The van der Waals surface area contributed by atoms with Gasteiger partial charge in [0.25, 0.3) is 5.91 Å². The molecule has 0 aliphatic carbocycles. The lowest BCUT2D eigenvalue weighted by Crippen LogP contribution is -2.48. The fraction of sp³-hybridized carbons (Fsp3) is 0.233. The first-order valence-electron chi connectivity index (χ1n) is 12.5. The molecule has 0 aliphatic rings. The maximum absolute atomic E-state index is 13.5. The van der Waals surface area contributed by atoms with Crippen LogP contribution in [0.5, 0.6) is 0 Å². The van der Waals surface area contributed by atoms with Crippen molar-refractivity contribution in [2.45, 2.75) is 39.3 Å². The Morgan fingerprint density at radius 1 is 1.05 bits per heavy atom. The Morgan fingerprint density at radius 2 is 1.74 bits per heavy atom. The fourth-order valence-corrected chi connectivity index (χ4v) is 4.18. The van der Waals surface area contributed by atoms with E-state index >= 15 is 0 Å². The van der Waals surface area contributed by atoms with E-state index in [2.05, 4.69) is 9.97 Å². The SMILES string of the molecule is Cc1nc(CN(C)C(=O)c2cc(C(=N)OC(=N)[C@](C)(N)Cc3ccccc3)cc(-c3ccccn3)c2)c(C)o1. The summed E-state index contributed by atoms with van der Waals surface area (Å²) < 4.78 is 11.1. The lowest BCUT2D eigenvalue weighted by atomic mass is 9.93. The van der Waals surface area contributed by atoms with Crippen molar-refractivity contribution in [1.29, 1.82) is 10.8 Å². The number of rotatable bonds is 8. The molecule has 9 nitrogen and oxygen atoms in total. The van der Waals surface area contributed by atoms with Crippen LogP contribution in [0.25, 0.3) is 11.3 Å². The molecular formula is C30H32N6O3. The first kappa shape index (κ1) is 27.4. The van der Waals surface area contributed by atoms with Crippen LogP contribution >= 0.6 is 0 Å². The lowest BCUT2D eigenvalue weighted by molar-refractivity contribution is 0.0783. The number of nitrogens with one attached hydrogen (secondary N) is 2. The van der Waals surface area contributed by atoms with Crippen LogP contribution in [0.15, 0.2) is 77.3 Å². The third-order valence-corrected chi connectivity index (χ3v) is 6.27. The van der Waals surface area contributed by atoms with Gasteiger partial charge in [0.1, 0.15) is 11.5 Å². The molecule has 1 amide bonds. The van der Waals surface area contributed by atoms with Crippen LogP contribution in [0.3, 0.4) is 0 Å². The Balaban J connectivity index is 1.61. The molecule has 0 fully saturated rings. The highest BCUT2D eigenvalue weighted by Gasteiger charge is 2.29. The number of benzene rings is 2. The monoisotopic (exact) mass is 524 g/mol. The largest absolute Gasteiger partial charge is 0.446 e. The van der Waals surface area contributed by atoms with E-state index in [1.54, 1.807) is 51.4 Å². The van der Waals surface area contributed by atoms with E-state index in [0.29, 0.717) is 46.2 Å². The van der Waals surface area contributed by atoms with Crippen LogP contribution in [-0.2, 0) is 17.7 Å². The third kappa shape index (κ3) is 6.63. The molecule has 0 unspecified atom stereocenters. The second-order valence-corrected chi connectivity index (χ2v) is 9.75. The number of oxazole rings is 1. The standard InChI is InChI=1S/C30H32N6O3/c1-19-26(35-20(2)38-19)18-36(4)28(37)24-15-22(25-12-8-9-13-34-25)14-23(16-24)27(31)39-29(32)30(3,33)17-21-10-6-5-7-11-21/h5-16,31-32H,17-18,33H2,1-4H3/t30-/m1/s1. The minimum atomic E-state index is -1.14. The molecule has 2 aromatic carbocycles. The van der Waals surface area contributed by atoms with Gasteiger partial charge in [0.2, 0.25) is 11.8 Å². The number of carbonyl (C=O) groups excluding carboxylic acids is 1. The molecule has 0 saturated carbocycles. The molecule has 1 atom stereocenters. The van der Waals surface area contributed by atoms with Gasteiger partial charge >= 0.3 is 0 Å². The highest BCUT2D eigenvalue weighted by atomic mass is 16.5. The van der Waals surface area contributed by atoms with Gasteiger partial charge in [-0.3, -0.25) is 20.6 Å². The molecule has 9 heteroatoms. The van der Waals surface area contributed by atoms with Gasteiger partial charge < -0.3 is 19.8 Å². The summed E-state index contributed by atoms with van der Waals surface area (Å²) in [5, 5.41) is 17.1. The van der Waals surface area contributed by atoms with Crippen molar-refractivity contribution in [3.05, 3.63) is 107 Å². The van der Waals surface area contributed by atoms with Gasteiger partial charge in [0.15, 0.2) is 5.89 Å². The number of aromatic nitrogens is 2. The Bertz CT molecular complexity index is 1500. The molecule has 0 aliphatic heterocycles. The summed E-state index contributed by atoms with van der Waals surface area (Å²) in [4.78, 5) is 23.8. The number of ether oxygens (including phenoxy) is 1. The zero-order valence-electron chi connectivity index (χ0n) is 22.5. The fourth-order valence-electron chi connectivity index (χ4n) is 4.18. The van der Waals surface area contributed by atoms with Crippen LogP contribution in [0.1, 0.15) is 45.8 Å². The summed E-state index contributed by atoms with van der Waals surface area (Å²) in [5.41, 5.74) is 8.84. The van der Waals surface area contributed by atoms with Crippen LogP contribution in [0.2, 0.25) is 0 Å². The van der Waals surface area contributed by atoms with Crippen molar-refractivity contribution in [2.75, 3.05) is 7.05 Å². The van der Waals surface area contributed by atoms with E-state index in [9.17, 15) is 4.79 Å². The molecule has 0 spiro atoms. The lowest BCUT2D eigenvalue weighted by Gasteiger charge is -2.25. The number of carbonyl (C=O) groups is 1. The second kappa shape index (κ2) is 11.4. The highest BCUT2D eigenvalue weighted by molar-refractivity contribution is 6.04. The van der Waals surface area contributed by atoms with Crippen LogP contribution in [-0.4, -0.2) is 45.2 Å². The summed E-state index contributed by atoms with van der Waals surface area (Å²) in [6.07, 6.45) is 2.02. The van der Waals surface area contributed by atoms with E-state index < -0.39 is 5.54 Å². The molecule has 4 aromatic rings. The predicted molar refractivity (Wildman–Crippen MR) is 150 cm³/mol. The first-order chi connectivity index (χ1) is 18.5. The Hall–Kier alpha value is -4.63. The Labute approximate surface area is 227 Å². The summed E-state index contributed by atoms with van der Waals surface area (Å²) in [7, 11) is 1.68. The van der Waals surface area contributed by atoms with E-state index in [0.717, 1.165) is 5.56 Å². The normalized spacial score (nSPS) is 12.4. The number of aryl methyl sites for hydroxylation is 2. The van der Waals surface area contributed by atoms with Crippen molar-refractivity contribution in [1.82, 2.24) is 14.9 Å². The maximum atomic E-state index is 13.5. The van der Waals surface area contributed by atoms with E-state index in [4.69, 9.17) is 25.7 Å². The molecule has 0 saturated heterocycles. The van der Waals surface area contributed by atoms with Crippen molar-refractivity contribution in [3.8, 4) is 11.3 Å². The topological polar surface area (TPSA) is 142 Å². The zero-order valence-corrected chi connectivity index (χ0v) is 22.5. The zero-order chi connectivity index (χ0) is 28.2. The number of nitrogens with two attached hydrogens (primary N) is 1. The summed E-state index contributed by atoms with van der Waals surface area (Å²) >= 11 is 0. The number of nitrogens with zero attached hydrogens (tertiary/aromatic N) is 3.